The highest BCUT2D eigenvalue weighted by Gasteiger charge is 2.04. The molecular formula is C15H14N2O3. The Morgan fingerprint density at radius 1 is 1.25 bits per heavy atom. The number of aromatic nitrogens is 1. The number of pyridine rings is 1. The summed E-state index contributed by atoms with van der Waals surface area (Å²) in [5.74, 6) is -0.934. The maximum Gasteiger partial charge on any atom is 0.330 e. The SMILES string of the molecule is CCOC(=O)/C=C/C(=O)Nc1ccnc2ccccc12. The molecule has 0 unspecified atom stereocenters. The van der Waals surface area contributed by atoms with Gasteiger partial charge in [-0.05, 0) is 19.1 Å². The standard InChI is InChI=1S/C15H14N2O3/c1-2-20-15(19)8-7-14(18)17-13-9-10-16-12-6-4-3-5-11(12)13/h3-10H,2H2,1H3,(H,16,17,18)/b8-7+. The fraction of sp³-hybridized carbons (Fsp3) is 0.133. The Balaban J connectivity index is 2.12. The average molecular weight is 270 g/mol. The molecule has 0 spiro atoms. The molecule has 5 heteroatoms. The van der Waals surface area contributed by atoms with Crippen LogP contribution in [0, 0.1) is 0 Å². The molecule has 0 atom stereocenters. The molecule has 5 nitrogen and oxygen atoms in total. The van der Waals surface area contributed by atoms with Gasteiger partial charge in [-0.15, -0.1) is 0 Å². The number of anilines is 1. The minimum atomic E-state index is -0.540. The van der Waals surface area contributed by atoms with E-state index in [1.54, 1.807) is 19.2 Å². The Hall–Kier alpha value is -2.69. The van der Waals surface area contributed by atoms with Gasteiger partial charge in [0.05, 0.1) is 17.8 Å². The van der Waals surface area contributed by atoms with Crippen molar-refractivity contribution in [2.24, 2.45) is 0 Å². The predicted molar refractivity (Wildman–Crippen MR) is 76.1 cm³/mol. The molecule has 1 N–H and O–H groups in total. The van der Waals surface area contributed by atoms with Crippen molar-refractivity contribution in [3.8, 4) is 0 Å². The molecule has 0 aliphatic heterocycles. The Bertz CT molecular complexity index is 660. The monoisotopic (exact) mass is 270 g/mol. The van der Waals surface area contributed by atoms with Crippen LogP contribution in [0.15, 0.2) is 48.7 Å². The van der Waals surface area contributed by atoms with Gasteiger partial charge < -0.3 is 10.1 Å². The van der Waals surface area contributed by atoms with Crippen molar-refractivity contribution >= 4 is 28.5 Å². The summed E-state index contributed by atoms with van der Waals surface area (Å²) in [5.41, 5.74) is 1.44. The summed E-state index contributed by atoms with van der Waals surface area (Å²) in [4.78, 5) is 27.1. The van der Waals surface area contributed by atoms with Crippen LogP contribution in [0.5, 0.6) is 0 Å². The molecule has 0 aliphatic rings. The molecule has 0 saturated carbocycles. The minimum absolute atomic E-state index is 0.278. The first-order valence-corrected chi connectivity index (χ1v) is 6.20. The third kappa shape index (κ3) is 3.41. The van der Waals surface area contributed by atoms with Crippen molar-refractivity contribution in [3.05, 3.63) is 48.7 Å². The van der Waals surface area contributed by atoms with Crippen LogP contribution in [0.2, 0.25) is 0 Å². The highest BCUT2D eigenvalue weighted by Crippen LogP contribution is 2.20. The van der Waals surface area contributed by atoms with Gasteiger partial charge >= 0.3 is 5.97 Å². The highest BCUT2D eigenvalue weighted by molar-refractivity contribution is 6.06. The third-order valence-corrected chi connectivity index (χ3v) is 2.56. The van der Waals surface area contributed by atoms with Gasteiger partial charge in [-0.1, -0.05) is 18.2 Å². The summed E-state index contributed by atoms with van der Waals surface area (Å²) in [6, 6.07) is 9.18. The molecule has 1 aromatic heterocycles. The van der Waals surface area contributed by atoms with E-state index in [4.69, 9.17) is 4.74 Å². The maximum absolute atomic E-state index is 11.7. The quantitative estimate of drug-likeness (QED) is 0.683. The van der Waals surface area contributed by atoms with Crippen molar-refractivity contribution < 1.29 is 14.3 Å². The number of carbonyl (C=O) groups is 2. The molecule has 102 valence electrons. The lowest BCUT2D eigenvalue weighted by Crippen LogP contribution is -2.10. The smallest absolute Gasteiger partial charge is 0.330 e. The number of rotatable bonds is 4. The summed E-state index contributed by atoms with van der Waals surface area (Å²) < 4.78 is 4.70. The molecule has 1 amide bonds. The molecule has 0 bridgehead atoms. The first-order valence-electron chi connectivity index (χ1n) is 6.20. The first kappa shape index (κ1) is 13.7. The lowest BCUT2D eigenvalue weighted by atomic mass is 10.2. The van der Waals surface area contributed by atoms with E-state index in [-0.39, 0.29) is 6.61 Å². The number of nitrogens with one attached hydrogen (secondary N) is 1. The summed E-state index contributed by atoms with van der Waals surface area (Å²) in [7, 11) is 0. The zero-order valence-electron chi connectivity index (χ0n) is 11.0. The van der Waals surface area contributed by atoms with Crippen molar-refractivity contribution in [2.75, 3.05) is 11.9 Å². The molecule has 20 heavy (non-hydrogen) atoms. The molecule has 1 heterocycles. The number of carbonyl (C=O) groups excluding carboxylic acids is 2. The minimum Gasteiger partial charge on any atom is -0.463 e. The molecular weight excluding hydrogens is 256 g/mol. The molecule has 0 aliphatic carbocycles. The van der Waals surface area contributed by atoms with E-state index in [1.165, 1.54) is 0 Å². The highest BCUT2D eigenvalue weighted by atomic mass is 16.5. The van der Waals surface area contributed by atoms with E-state index in [0.29, 0.717) is 5.69 Å². The van der Waals surface area contributed by atoms with Gasteiger partial charge in [-0.3, -0.25) is 9.78 Å². The van der Waals surface area contributed by atoms with Gasteiger partial charge in [0.1, 0.15) is 0 Å². The number of fused-ring (bicyclic) bond motifs is 1. The van der Waals surface area contributed by atoms with Crippen LogP contribution in [-0.2, 0) is 14.3 Å². The molecule has 1 aromatic carbocycles. The number of amides is 1. The van der Waals surface area contributed by atoms with Gasteiger partial charge in [-0.2, -0.15) is 0 Å². The van der Waals surface area contributed by atoms with Crippen LogP contribution in [0.25, 0.3) is 10.9 Å². The molecule has 0 radical (unpaired) electrons. The van der Waals surface area contributed by atoms with Crippen molar-refractivity contribution in [1.82, 2.24) is 4.98 Å². The van der Waals surface area contributed by atoms with E-state index >= 15 is 0 Å². The normalized spacial score (nSPS) is 10.7. The fourth-order valence-corrected chi connectivity index (χ4v) is 1.71. The second-order valence-corrected chi connectivity index (χ2v) is 3.95. The number of nitrogens with zero attached hydrogens (tertiary/aromatic N) is 1. The largest absolute Gasteiger partial charge is 0.463 e. The van der Waals surface area contributed by atoms with E-state index in [2.05, 4.69) is 10.3 Å². The van der Waals surface area contributed by atoms with Crippen LogP contribution in [0.3, 0.4) is 0 Å². The summed E-state index contributed by atoms with van der Waals surface area (Å²) in [6.07, 6.45) is 3.86. The van der Waals surface area contributed by atoms with Crippen LogP contribution in [0.1, 0.15) is 6.92 Å². The van der Waals surface area contributed by atoms with Crippen molar-refractivity contribution in [3.63, 3.8) is 0 Å². The number of benzene rings is 1. The fourth-order valence-electron chi connectivity index (χ4n) is 1.71. The molecule has 2 aromatic rings. The molecule has 0 fully saturated rings. The molecule has 2 rings (SSSR count). The zero-order chi connectivity index (χ0) is 14.4. The van der Waals surface area contributed by atoms with E-state index < -0.39 is 11.9 Å². The lowest BCUT2D eigenvalue weighted by Gasteiger charge is -2.05. The zero-order valence-corrected chi connectivity index (χ0v) is 11.0. The van der Waals surface area contributed by atoms with E-state index in [1.807, 2.05) is 24.3 Å². The van der Waals surface area contributed by atoms with Gasteiger partial charge in [0.2, 0.25) is 5.91 Å². The first-order chi connectivity index (χ1) is 9.70. The van der Waals surface area contributed by atoms with Gasteiger partial charge in [0, 0.05) is 23.7 Å². The molecule has 0 saturated heterocycles. The van der Waals surface area contributed by atoms with Gasteiger partial charge in [0.15, 0.2) is 0 Å². The number of esters is 1. The Morgan fingerprint density at radius 3 is 2.85 bits per heavy atom. The van der Waals surface area contributed by atoms with Crippen LogP contribution >= 0.6 is 0 Å². The number of ether oxygens (including phenoxy) is 1. The Kier molecular flexibility index (Phi) is 4.44. The topological polar surface area (TPSA) is 68.3 Å². The van der Waals surface area contributed by atoms with Crippen LogP contribution in [-0.4, -0.2) is 23.5 Å². The average Bonchev–Trinajstić information content (AvgIpc) is 2.46. The predicted octanol–water partition coefficient (Wildman–Crippen LogP) is 2.29. The summed E-state index contributed by atoms with van der Waals surface area (Å²) in [5, 5.41) is 3.55. The Labute approximate surface area is 116 Å². The van der Waals surface area contributed by atoms with Crippen LogP contribution < -0.4 is 5.32 Å². The van der Waals surface area contributed by atoms with Gasteiger partial charge in [-0.25, -0.2) is 4.79 Å². The number of para-hydroxylation sites is 1. The summed E-state index contributed by atoms with van der Waals surface area (Å²) >= 11 is 0. The Morgan fingerprint density at radius 2 is 2.05 bits per heavy atom. The van der Waals surface area contributed by atoms with Crippen molar-refractivity contribution in [2.45, 2.75) is 6.92 Å². The number of hydrogen-bond acceptors (Lipinski definition) is 4. The lowest BCUT2D eigenvalue weighted by molar-refractivity contribution is -0.137. The second kappa shape index (κ2) is 6.47. The van der Waals surface area contributed by atoms with E-state index in [9.17, 15) is 9.59 Å². The van der Waals surface area contributed by atoms with Crippen LogP contribution in [0.4, 0.5) is 5.69 Å². The maximum atomic E-state index is 11.7. The van der Waals surface area contributed by atoms with Crippen molar-refractivity contribution in [1.29, 1.82) is 0 Å². The number of hydrogen-bond donors (Lipinski definition) is 1. The van der Waals surface area contributed by atoms with E-state index in [0.717, 1.165) is 23.1 Å². The second-order valence-electron chi connectivity index (χ2n) is 3.95. The third-order valence-electron chi connectivity index (χ3n) is 2.56. The summed E-state index contributed by atoms with van der Waals surface area (Å²) in [6.45, 7) is 1.98. The van der Waals surface area contributed by atoms with Gasteiger partial charge in [0.25, 0.3) is 0 Å².